The number of carbonyl (C=O) groups excluding carboxylic acids is 1. The maximum absolute atomic E-state index is 11.8. The Morgan fingerprint density at radius 3 is 2.13 bits per heavy atom. The third kappa shape index (κ3) is 12.2. The van der Waals surface area contributed by atoms with Gasteiger partial charge in [0.15, 0.2) is 6.29 Å². The first kappa shape index (κ1) is 27.5. The van der Waals surface area contributed by atoms with Crippen molar-refractivity contribution in [1.29, 1.82) is 0 Å². The molecule has 0 aliphatic carbocycles. The van der Waals surface area contributed by atoms with Crippen molar-refractivity contribution in [2.75, 3.05) is 6.61 Å². The largest absolute Gasteiger partial charge is 0.463 e. The van der Waals surface area contributed by atoms with E-state index in [2.05, 4.69) is 43.4 Å². The quantitative estimate of drug-likeness (QED) is 0.176. The van der Waals surface area contributed by atoms with Crippen LogP contribution in [0.1, 0.15) is 71.1 Å². The Hall–Kier alpha value is -1.51. The minimum absolute atomic E-state index is 0.274. The number of hydrogen-bond donors (Lipinski definition) is 4. The average molecular weight is 441 g/mol. The van der Waals surface area contributed by atoms with Crippen LogP contribution in [0, 0.1) is 0 Å². The Morgan fingerprint density at radius 2 is 1.42 bits per heavy atom. The van der Waals surface area contributed by atoms with Crippen LogP contribution in [0.4, 0.5) is 0 Å². The van der Waals surface area contributed by atoms with E-state index in [1.165, 1.54) is 0 Å². The van der Waals surface area contributed by atoms with Crippen LogP contribution in [0.15, 0.2) is 36.5 Å². The fourth-order valence-electron chi connectivity index (χ4n) is 3.20. The second-order valence-corrected chi connectivity index (χ2v) is 7.82. The van der Waals surface area contributed by atoms with Gasteiger partial charge >= 0.3 is 5.97 Å². The first-order valence-electron chi connectivity index (χ1n) is 11.5. The van der Waals surface area contributed by atoms with Crippen molar-refractivity contribution in [3.8, 4) is 0 Å². The molecule has 1 unspecified atom stereocenters. The summed E-state index contributed by atoms with van der Waals surface area (Å²) in [4.78, 5) is 11.8. The van der Waals surface area contributed by atoms with E-state index >= 15 is 0 Å². The molecular weight excluding hydrogens is 400 g/mol. The number of ether oxygens (including phenoxy) is 2. The Labute approximate surface area is 186 Å². The molecule has 5 atom stereocenters. The molecule has 1 fully saturated rings. The van der Waals surface area contributed by atoms with Gasteiger partial charge in [-0.15, -0.1) is 0 Å². The van der Waals surface area contributed by atoms with Crippen LogP contribution in [0.25, 0.3) is 0 Å². The summed E-state index contributed by atoms with van der Waals surface area (Å²) in [6.45, 7) is 1.85. The fraction of sp³-hybridized carbons (Fsp3) is 0.708. The molecule has 178 valence electrons. The summed E-state index contributed by atoms with van der Waals surface area (Å²) in [6.07, 6.45) is 15.3. The zero-order chi connectivity index (χ0) is 22.9. The summed E-state index contributed by atoms with van der Waals surface area (Å²) < 4.78 is 10.0. The van der Waals surface area contributed by atoms with Gasteiger partial charge in [0.05, 0.1) is 0 Å². The summed E-state index contributed by atoms with van der Waals surface area (Å²) in [5.41, 5.74) is 0. The lowest BCUT2D eigenvalue weighted by Gasteiger charge is -2.37. The minimum Gasteiger partial charge on any atom is -0.463 e. The van der Waals surface area contributed by atoms with Crippen molar-refractivity contribution in [2.45, 2.75) is 102 Å². The summed E-state index contributed by atoms with van der Waals surface area (Å²) in [5.74, 6) is -0.410. The summed E-state index contributed by atoms with van der Waals surface area (Å²) >= 11 is 0. The maximum atomic E-state index is 11.8. The number of esters is 1. The van der Waals surface area contributed by atoms with E-state index in [4.69, 9.17) is 9.47 Å². The molecule has 0 aromatic carbocycles. The summed E-state index contributed by atoms with van der Waals surface area (Å²) in [6, 6.07) is 0. The van der Waals surface area contributed by atoms with Crippen molar-refractivity contribution in [1.82, 2.24) is 0 Å². The Bertz CT molecular complexity index is 558. The van der Waals surface area contributed by atoms with Gasteiger partial charge in [-0.25, -0.2) is 0 Å². The normalized spacial score (nSPS) is 26.9. The molecule has 1 aliphatic rings. The molecule has 0 aromatic rings. The predicted molar refractivity (Wildman–Crippen MR) is 119 cm³/mol. The molecule has 0 amide bonds. The molecule has 0 bridgehead atoms. The second-order valence-electron chi connectivity index (χ2n) is 7.82. The van der Waals surface area contributed by atoms with Gasteiger partial charge in [0.25, 0.3) is 0 Å². The zero-order valence-corrected chi connectivity index (χ0v) is 18.6. The third-order valence-electron chi connectivity index (χ3n) is 5.13. The van der Waals surface area contributed by atoms with E-state index in [9.17, 15) is 25.2 Å². The van der Waals surface area contributed by atoms with Crippen molar-refractivity contribution in [3.63, 3.8) is 0 Å². The fourth-order valence-corrected chi connectivity index (χ4v) is 3.20. The Balaban J connectivity index is 1.98. The topological polar surface area (TPSA) is 116 Å². The molecule has 1 heterocycles. The van der Waals surface area contributed by atoms with Crippen LogP contribution in [-0.4, -0.2) is 63.7 Å². The highest BCUT2D eigenvalue weighted by atomic mass is 16.6. The van der Waals surface area contributed by atoms with E-state index < -0.39 is 36.7 Å². The van der Waals surface area contributed by atoms with Crippen LogP contribution in [0.3, 0.4) is 0 Å². The van der Waals surface area contributed by atoms with Gasteiger partial charge in [0.2, 0.25) is 0 Å². The number of rotatable bonds is 15. The molecule has 7 heteroatoms. The second kappa shape index (κ2) is 17.1. The monoisotopic (exact) mass is 440 g/mol. The predicted octanol–water partition coefficient (Wildman–Crippen LogP) is 2.92. The molecule has 1 rings (SSSR count). The smallest absolute Gasteiger partial charge is 0.305 e. The highest BCUT2D eigenvalue weighted by Crippen LogP contribution is 2.20. The average Bonchev–Trinajstić information content (AvgIpc) is 2.76. The van der Waals surface area contributed by atoms with Gasteiger partial charge in [-0.1, -0.05) is 62.6 Å². The molecule has 0 aromatic heterocycles. The SMILES string of the molecule is CC/C=C\C/C=C\C/C=C\CCCCCCCC(=O)OC[C@H]1OC(O)[C@H](O)[C@@H](O)[C@H]1O. The van der Waals surface area contributed by atoms with E-state index in [0.717, 1.165) is 57.8 Å². The van der Waals surface area contributed by atoms with Crippen LogP contribution in [-0.2, 0) is 14.3 Å². The lowest BCUT2D eigenvalue weighted by molar-refractivity contribution is -0.287. The Kier molecular flexibility index (Phi) is 15.2. The molecule has 0 radical (unpaired) electrons. The van der Waals surface area contributed by atoms with E-state index in [1.807, 2.05) is 0 Å². The number of unbranched alkanes of at least 4 members (excludes halogenated alkanes) is 5. The number of aliphatic hydroxyl groups excluding tert-OH is 4. The maximum Gasteiger partial charge on any atom is 0.305 e. The first-order chi connectivity index (χ1) is 15.0. The van der Waals surface area contributed by atoms with Crippen LogP contribution in [0.2, 0.25) is 0 Å². The number of hydrogen-bond acceptors (Lipinski definition) is 7. The summed E-state index contributed by atoms with van der Waals surface area (Å²) in [7, 11) is 0. The van der Waals surface area contributed by atoms with Crippen LogP contribution < -0.4 is 0 Å². The lowest BCUT2D eigenvalue weighted by atomic mass is 9.99. The van der Waals surface area contributed by atoms with Gasteiger partial charge in [0.1, 0.15) is 31.0 Å². The van der Waals surface area contributed by atoms with Gasteiger partial charge in [-0.05, 0) is 38.5 Å². The highest BCUT2D eigenvalue weighted by molar-refractivity contribution is 5.69. The molecular formula is C24H40O7. The van der Waals surface area contributed by atoms with Gasteiger partial charge in [-0.3, -0.25) is 4.79 Å². The van der Waals surface area contributed by atoms with Crippen molar-refractivity contribution < 1.29 is 34.7 Å². The van der Waals surface area contributed by atoms with Crippen molar-refractivity contribution >= 4 is 5.97 Å². The van der Waals surface area contributed by atoms with Crippen LogP contribution >= 0.6 is 0 Å². The van der Waals surface area contributed by atoms with Gasteiger partial charge < -0.3 is 29.9 Å². The Morgan fingerprint density at radius 1 is 0.806 bits per heavy atom. The number of carbonyl (C=O) groups is 1. The minimum atomic E-state index is -1.62. The molecule has 1 aliphatic heterocycles. The molecule has 31 heavy (non-hydrogen) atoms. The third-order valence-corrected chi connectivity index (χ3v) is 5.13. The van der Waals surface area contributed by atoms with Gasteiger partial charge in [-0.2, -0.15) is 0 Å². The van der Waals surface area contributed by atoms with E-state index in [-0.39, 0.29) is 13.0 Å². The van der Waals surface area contributed by atoms with Crippen molar-refractivity contribution in [2.24, 2.45) is 0 Å². The zero-order valence-electron chi connectivity index (χ0n) is 18.6. The molecule has 7 nitrogen and oxygen atoms in total. The van der Waals surface area contributed by atoms with E-state index in [1.54, 1.807) is 0 Å². The van der Waals surface area contributed by atoms with Gasteiger partial charge in [0, 0.05) is 6.42 Å². The molecule has 0 saturated carbocycles. The van der Waals surface area contributed by atoms with Crippen molar-refractivity contribution in [3.05, 3.63) is 36.5 Å². The molecule has 4 N–H and O–H groups in total. The molecule has 1 saturated heterocycles. The van der Waals surface area contributed by atoms with Crippen LogP contribution in [0.5, 0.6) is 0 Å². The highest BCUT2D eigenvalue weighted by Gasteiger charge is 2.43. The lowest BCUT2D eigenvalue weighted by Crippen LogP contribution is -2.58. The number of allylic oxidation sites excluding steroid dienone is 6. The summed E-state index contributed by atoms with van der Waals surface area (Å²) in [5, 5.41) is 38.3. The molecule has 0 spiro atoms. The number of aliphatic hydroxyl groups is 4. The van der Waals surface area contributed by atoms with E-state index in [0.29, 0.717) is 0 Å². The standard InChI is InChI=1S/C24H40O7/c1-2-3-4-5-6-7-8-9-10-11-12-13-14-15-16-17-20(25)30-18-19-21(26)22(27)23(28)24(29)31-19/h3-4,6-7,9-10,19,21-24,26-29H,2,5,8,11-18H2,1H3/b4-3-,7-6-,10-9-/t19-,21+,22+,23-,24?/m1/s1. The first-order valence-corrected chi connectivity index (χ1v) is 11.5.